The van der Waals surface area contributed by atoms with Crippen molar-refractivity contribution in [2.75, 3.05) is 31.5 Å². The molecule has 2 aromatic heterocycles. The van der Waals surface area contributed by atoms with Gasteiger partial charge in [-0.1, -0.05) is 32.1 Å². The van der Waals surface area contributed by atoms with Crippen molar-refractivity contribution < 1.29 is 4.74 Å². The number of morpholine rings is 1. The van der Waals surface area contributed by atoms with Gasteiger partial charge in [0, 0.05) is 25.0 Å². The van der Waals surface area contributed by atoms with Crippen LogP contribution in [0.25, 0.3) is 4.96 Å². The molecule has 0 unspecified atom stereocenters. The van der Waals surface area contributed by atoms with Crippen molar-refractivity contribution in [3.05, 3.63) is 11.9 Å². The van der Waals surface area contributed by atoms with Crippen LogP contribution in [0.3, 0.4) is 0 Å². The van der Waals surface area contributed by atoms with Gasteiger partial charge in [-0.05, 0) is 33.2 Å². The van der Waals surface area contributed by atoms with E-state index in [0.29, 0.717) is 12.2 Å². The fourth-order valence-corrected chi connectivity index (χ4v) is 4.06. The van der Waals surface area contributed by atoms with Crippen molar-refractivity contribution in [2.24, 2.45) is 0 Å². The normalized spacial score (nSPS) is 22.6. The summed E-state index contributed by atoms with van der Waals surface area (Å²) in [6.07, 6.45) is 5.09. The Labute approximate surface area is 154 Å². The van der Waals surface area contributed by atoms with Crippen LogP contribution in [-0.2, 0) is 10.2 Å². The largest absolute Gasteiger partial charge is 0.373 e. The molecule has 0 amide bonds. The van der Waals surface area contributed by atoms with Gasteiger partial charge in [0.15, 0.2) is 0 Å². The standard InChI is InChI=1S/C18H31N5OS/c1-13-10-22(11-14(2)24-13)9-7-6-8-19-16-21-23-12-15(18(3,4)5)20-17(23)25-16/h12-14H,6-11H2,1-5H3,(H,19,21)/t13-,14-/m0/s1. The van der Waals surface area contributed by atoms with E-state index in [-0.39, 0.29) is 5.41 Å². The number of aromatic nitrogens is 3. The number of imidazole rings is 1. The first-order valence-electron chi connectivity index (χ1n) is 9.29. The highest BCUT2D eigenvalue weighted by Gasteiger charge is 2.21. The van der Waals surface area contributed by atoms with E-state index in [1.807, 2.05) is 10.7 Å². The number of nitrogens with one attached hydrogen (secondary N) is 1. The molecule has 1 fully saturated rings. The number of anilines is 1. The number of nitrogens with zero attached hydrogens (tertiary/aromatic N) is 4. The molecule has 1 saturated heterocycles. The lowest BCUT2D eigenvalue weighted by molar-refractivity contribution is -0.0681. The molecule has 3 heterocycles. The van der Waals surface area contributed by atoms with Crippen molar-refractivity contribution in [1.29, 1.82) is 0 Å². The lowest BCUT2D eigenvalue weighted by atomic mass is 9.93. The molecule has 0 aliphatic carbocycles. The molecule has 2 aromatic rings. The minimum atomic E-state index is 0.0650. The average molecular weight is 366 g/mol. The third kappa shape index (κ3) is 4.92. The van der Waals surface area contributed by atoms with E-state index in [1.54, 1.807) is 11.3 Å². The van der Waals surface area contributed by atoms with Gasteiger partial charge in [-0.2, -0.15) is 0 Å². The lowest BCUT2D eigenvalue weighted by Crippen LogP contribution is -2.45. The molecular formula is C18H31N5OS. The first-order valence-corrected chi connectivity index (χ1v) is 10.1. The van der Waals surface area contributed by atoms with E-state index in [1.165, 1.54) is 6.42 Å². The lowest BCUT2D eigenvalue weighted by Gasteiger charge is -2.35. The molecule has 1 aliphatic rings. The maximum Gasteiger partial charge on any atom is 0.214 e. The quantitative estimate of drug-likeness (QED) is 0.795. The average Bonchev–Trinajstić information content (AvgIpc) is 3.03. The predicted molar refractivity (Wildman–Crippen MR) is 104 cm³/mol. The summed E-state index contributed by atoms with van der Waals surface area (Å²) >= 11 is 1.62. The van der Waals surface area contributed by atoms with Crippen LogP contribution in [0, 0.1) is 0 Å². The Hall–Kier alpha value is -1.18. The number of hydrogen-bond acceptors (Lipinski definition) is 6. The van der Waals surface area contributed by atoms with Crippen LogP contribution >= 0.6 is 11.3 Å². The van der Waals surface area contributed by atoms with E-state index in [4.69, 9.17) is 4.74 Å². The highest BCUT2D eigenvalue weighted by Crippen LogP contribution is 2.25. The van der Waals surface area contributed by atoms with Gasteiger partial charge in [0.1, 0.15) is 0 Å². The minimum absolute atomic E-state index is 0.0650. The highest BCUT2D eigenvalue weighted by atomic mass is 32.1. The second-order valence-electron chi connectivity index (χ2n) is 8.16. The van der Waals surface area contributed by atoms with Crippen molar-refractivity contribution in [2.45, 2.75) is 65.1 Å². The van der Waals surface area contributed by atoms with Crippen molar-refractivity contribution in [1.82, 2.24) is 19.5 Å². The zero-order valence-electron chi connectivity index (χ0n) is 16.1. The van der Waals surface area contributed by atoms with Crippen molar-refractivity contribution in [3.8, 4) is 0 Å². The molecule has 0 radical (unpaired) electrons. The summed E-state index contributed by atoms with van der Waals surface area (Å²) in [5.74, 6) is 0. The topological polar surface area (TPSA) is 54.7 Å². The van der Waals surface area contributed by atoms with Crippen LogP contribution in [0.2, 0.25) is 0 Å². The Morgan fingerprint density at radius 2 is 1.96 bits per heavy atom. The van der Waals surface area contributed by atoms with Gasteiger partial charge in [-0.15, -0.1) is 5.10 Å². The molecule has 140 valence electrons. The molecule has 25 heavy (non-hydrogen) atoms. The molecule has 0 aromatic carbocycles. The zero-order chi connectivity index (χ0) is 18.0. The summed E-state index contributed by atoms with van der Waals surface area (Å²) in [4.78, 5) is 8.16. The number of unbranched alkanes of at least 4 members (excludes halogenated alkanes) is 1. The minimum Gasteiger partial charge on any atom is -0.373 e. The van der Waals surface area contributed by atoms with Crippen LogP contribution < -0.4 is 5.32 Å². The number of hydrogen-bond donors (Lipinski definition) is 1. The first-order chi connectivity index (χ1) is 11.8. The third-order valence-electron chi connectivity index (χ3n) is 4.48. The molecule has 2 atom stereocenters. The second kappa shape index (κ2) is 7.60. The Bertz CT molecular complexity index is 648. The van der Waals surface area contributed by atoms with Crippen LogP contribution in [0.1, 0.15) is 53.2 Å². The van der Waals surface area contributed by atoms with Gasteiger partial charge in [0.25, 0.3) is 0 Å². The van der Waals surface area contributed by atoms with E-state index in [0.717, 1.165) is 48.4 Å². The Morgan fingerprint density at radius 1 is 1.24 bits per heavy atom. The van der Waals surface area contributed by atoms with E-state index < -0.39 is 0 Å². The van der Waals surface area contributed by atoms with Crippen molar-refractivity contribution in [3.63, 3.8) is 0 Å². The summed E-state index contributed by atoms with van der Waals surface area (Å²) in [6, 6.07) is 0. The molecule has 3 rings (SSSR count). The number of fused-ring (bicyclic) bond motifs is 1. The monoisotopic (exact) mass is 365 g/mol. The zero-order valence-corrected chi connectivity index (χ0v) is 16.9. The number of ether oxygens (including phenoxy) is 1. The van der Waals surface area contributed by atoms with Gasteiger partial charge in [0.05, 0.1) is 24.1 Å². The van der Waals surface area contributed by atoms with Crippen molar-refractivity contribution >= 4 is 21.4 Å². The second-order valence-corrected chi connectivity index (χ2v) is 9.12. The maximum absolute atomic E-state index is 5.78. The third-order valence-corrected chi connectivity index (χ3v) is 5.36. The van der Waals surface area contributed by atoms with E-state index >= 15 is 0 Å². The van der Waals surface area contributed by atoms with Crippen LogP contribution in [0.4, 0.5) is 5.13 Å². The molecule has 0 spiro atoms. The predicted octanol–water partition coefficient (Wildman–Crippen LogP) is 3.39. The molecular weight excluding hydrogens is 334 g/mol. The van der Waals surface area contributed by atoms with Gasteiger partial charge in [-0.25, -0.2) is 9.50 Å². The van der Waals surface area contributed by atoms with Crippen LogP contribution in [0.15, 0.2) is 6.20 Å². The van der Waals surface area contributed by atoms with Crippen LogP contribution in [0.5, 0.6) is 0 Å². The fraction of sp³-hybridized carbons (Fsp3) is 0.778. The Morgan fingerprint density at radius 3 is 2.60 bits per heavy atom. The number of rotatable bonds is 6. The molecule has 7 heteroatoms. The summed E-state index contributed by atoms with van der Waals surface area (Å²) in [7, 11) is 0. The summed E-state index contributed by atoms with van der Waals surface area (Å²) in [6.45, 7) is 15.1. The maximum atomic E-state index is 5.78. The fourth-order valence-electron chi connectivity index (χ4n) is 3.26. The summed E-state index contributed by atoms with van der Waals surface area (Å²) in [5.41, 5.74) is 1.15. The van der Waals surface area contributed by atoms with E-state index in [2.05, 4.69) is 54.9 Å². The Kier molecular flexibility index (Phi) is 5.65. The van der Waals surface area contributed by atoms with Gasteiger partial charge < -0.3 is 10.1 Å². The molecule has 1 aliphatic heterocycles. The molecule has 0 saturated carbocycles. The first kappa shape index (κ1) is 18.6. The van der Waals surface area contributed by atoms with Gasteiger partial charge in [-0.3, -0.25) is 4.90 Å². The summed E-state index contributed by atoms with van der Waals surface area (Å²) < 4.78 is 7.68. The molecule has 1 N–H and O–H groups in total. The van der Waals surface area contributed by atoms with Gasteiger partial charge >= 0.3 is 0 Å². The van der Waals surface area contributed by atoms with Gasteiger partial charge in [0.2, 0.25) is 10.1 Å². The SMILES string of the molecule is C[C@H]1CN(CCCCNc2nn3cc(C(C)(C)C)nc3s2)C[C@H](C)O1. The smallest absolute Gasteiger partial charge is 0.214 e. The highest BCUT2D eigenvalue weighted by molar-refractivity contribution is 7.20. The Balaban J connectivity index is 1.40. The molecule has 6 nitrogen and oxygen atoms in total. The van der Waals surface area contributed by atoms with Crippen LogP contribution in [-0.4, -0.2) is 57.9 Å². The summed E-state index contributed by atoms with van der Waals surface area (Å²) in [5, 5.41) is 8.98. The molecule has 0 bridgehead atoms. The van der Waals surface area contributed by atoms with E-state index in [9.17, 15) is 0 Å².